The van der Waals surface area contributed by atoms with E-state index in [2.05, 4.69) is 5.32 Å². The molecular formula is C10H16F4N2O. The van der Waals surface area contributed by atoms with Crippen LogP contribution in [0.1, 0.15) is 12.8 Å². The van der Waals surface area contributed by atoms with E-state index in [0.717, 1.165) is 33.0 Å². The van der Waals surface area contributed by atoms with Crippen molar-refractivity contribution in [2.75, 3.05) is 26.7 Å². The average Bonchev–Trinajstić information content (AvgIpc) is 2.29. The van der Waals surface area contributed by atoms with Gasteiger partial charge in [-0.05, 0) is 31.8 Å². The maximum Gasteiger partial charge on any atom is 0.383 e. The summed E-state index contributed by atoms with van der Waals surface area (Å²) in [6.45, 7) is 1.62. The van der Waals surface area contributed by atoms with E-state index in [1.165, 1.54) is 0 Å². The third kappa shape index (κ3) is 3.55. The first-order valence-corrected chi connectivity index (χ1v) is 5.48. The van der Waals surface area contributed by atoms with Crippen LogP contribution < -0.4 is 5.32 Å². The highest BCUT2D eigenvalue weighted by molar-refractivity contribution is 5.83. The van der Waals surface area contributed by atoms with Gasteiger partial charge in [0.05, 0.1) is 0 Å². The number of rotatable bonds is 4. The second-order valence-electron chi connectivity index (χ2n) is 4.30. The van der Waals surface area contributed by atoms with Gasteiger partial charge in [-0.15, -0.1) is 0 Å². The molecule has 1 fully saturated rings. The highest BCUT2D eigenvalue weighted by Crippen LogP contribution is 2.25. The molecule has 0 unspecified atom stereocenters. The summed E-state index contributed by atoms with van der Waals surface area (Å²) in [7, 11) is 1.14. The van der Waals surface area contributed by atoms with Gasteiger partial charge in [0.1, 0.15) is 0 Å². The Morgan fingerprint density at radius 2 is 1.94 bits per heavy atom. The lowest BCUT2D eigenvalue weighted by Gasteiger charge is -2.29. The predicted octanol–water partition coefficient (Wildman–Crippen LogP) is 1.34. The second-order valence-corrected chi connectivity index (χ2v) is 4.30. The lowest BCUT2D eigenvalue weighted by molar-refractivity contribution is -0.179. The first-order chi connectivity index (χ1) is 7.85. The lowest BCUT2D eigenvalue weighted by atomic mass is 9.97. The van der Waals surface area contributed by atoms with Gasteiger partial charge in [0.2, 0.25) is 0 Å². The zero-order chi connectivity index (χ0) is 13.1. The quantitative estimate of drug-likeness (QED) is 0.770. The number of hydrogen-bond acceptors (Lipinski definition) is 2. The number of halogens is 4. The van der Waals surface area contributed by atoms with Crippen LogP contribution in [0.15, 0.2) is 0 Å². The summed E-state index contributed by atoms with van der Waals surface area (Å²) in [5.74, 6) is -6.29. The van der Waals surface area contributed by atoms with Crippen LogP contribution in [0, 0.1) is 5.92 Å². The molecule has 0 aromatic carbocycles. The van der Waals surface area contributed by atoms with Crippen molar-refractivity contribution in [3.63, 3.8) is 0 Å². The van der Waals surface area contributed by atoms with Crippen molar-refractivity contribution in [2.24, 2.45) is 5.92 Å². The molecule has 3 nitrogen and oxygen atoms in total. The normalized spacial score (nSPS) is 18.5. The van der Waals surface area contributed by atoms with Gasteiger partial charge in [0.15, 0.2) is 0 Å². The van der Waals surface area contributed by atoms with E-state index in [1.54, 1.807) is 0 Å². The zero-order valence-electron chi connectivity index (χ0n) is 9.56. The van der Waals surface area contributed by atoms with Crippen molar-refractivity contribution in [3.05, 3.63) is 0 Å². The molecule has 17 heavy (non-hydrogen) atoms. The molecule has 0 radical (unpaired) electrons. The van der Waals surface area contributed by atoms with Crippen molar-refractivity contribution < 1.29 is 22.4 Å². The van der Waals surface area contributed by atoms with E-state index in [-0.39, 0.29) is 12.5 Å². The van der Waals surface area contributed by atoms with E-state index < -0.39 is 18.3 Å². The first kappa shape index (κ1) is 14.2. The Morgan fingerprint density at radius 3 is 2.41 bits per heavy atom. The van der Waals surface area contributed by atoms with Gasteiger partial charge in [-0.1, -0.05) is 0 Å². The Labute approximate surface area is 97.2 Å². The summed E-state index contributed by atoms with van der Waals surface area (Å²) >= 11 is 0. The molecule has 1 aliphatic rings. The Balaban J connectivity index is 2.51. The van der Waals surface area contributed by atoms with Crippen molar-refractivity contribution >= 4 is 5.91 Å². The second kappa shape index (κ2) is 5.66. The molecule has 1 aliphatic heterocycles. The van der Waals surface area contributed by atoms with E-state index in [1.807, 2.05) is 0 Å². The number of alkyl halides is 4. The van der Waals surface area contributed by atoms with Gasteiger partial charge in [-0.25, -0.2) is 8.78 Å². The van der Waals surface area contributed by atoms with Crippen LogP contribution in [0.25, 0.3) is 0 Å². The minimum atomic E-state index is -4.58. The number of piperidine rings is 1. The first-order valence-electron chi connectivity index (χ1n) is 5.48. The highest BCUT2D eigenvalue weighted by Gasteiger charge is 2.50. The van der Waals surface area contributed by atoms with Gasteiger partial charge in [0, 0.05) is 13.6 Å². The fourth-order valence-corrected chi connectivity index (χ4v) is 1.88. The largest absolute Gasteiger partial charge is 0.383 e. The van der Waals surface area contributed by atoms with Crippen molar-refractivity contribution in [3.8, 4) is 0 Å². The van der Waals surface area contributed by atoms with Gasteiger partial charge >= 0.3 is 12.3 Å². The molecule has 1 heterocycles. The van der Waals surface area contributed by atoms with E-state index >= 15 is 0 Å². The Morgan fingerprint density at radius 1 is 1.41 bits per heavy atom. The highest BCUT2D eigenvalue weighted by atomic mass is 19.3. The molecule has 0 aliphatic carbocycles. The lowest BCUT2D eigenvalue weighted by Crippen LogP contribution is -2.48. The number of carbonyl (C=O) groups is 1. The zero-order valence-corrected chi connectivity index (χ0v) is 9.56. The Bertz CT molecular complexity index is 267. The molecule has 0 atom stereocenters. The fraction of sp³-hybridized carbons (Fsp3) is 0.900. The molecule has 0 aromatic heterocycles. The van der Waals surface area contributed by atoms with E-state index in [0.29, 0.717) is 4.90 Å². The van der Waals surface area contributed by atoms with Gasteiger partial charge < -0.3 is 10.2 Å². The fourth-order valence-electron chi connectivity index (χ4n) is 1.88. The molecule has 0 saturated carbocycles. The summed E-state index contributed by atoms with van der Waals surface area (Å²) in [5, 5.41) is 3.09. The summed E-state index contributed by atoms with van der Waals surface area (Å²) in [5.41, 5.74) is 0. The molecule has 1 amide bonds. The molecular weight excluding hydrogens is 240 g/mol. The monoisotopic (exact) mass is 256 g/mol. The number of amides is 1. The number of nitrogens with zero attached hydrogens (tertiary/aromatic N) is 1. The molecule has 1 saturated heterocycles. The third-order valence-corrected chi connectivity index (χ3v) is 2.90. The van der Waals surface area contributed by atoms with Crippen LogP contribution >= 0.6 is 0 Å². The maximum atomic E-state index is 12.8. The molecule has 0 aromatic rings. The van der Waals surface area contributed by atoms with Crippen LogP contribution in [0.5, 0.6) is 0 Å². The minimum absolute atomic E-state index is 0.0960. The maximum absolute atomic E-state index is 12.8. The molecule has 100 valence electrons. The molecule has 0 bridgehead atoms. The van der Waals surface area contributed by atoms with Crippen LogP contribution in [-0.2, 0) is 4.79 Å². The molecule has 1 rings (SSSR count). The smallest absolute Gasteiger partial charge is 0.340 e. The van der Waals surface area contributed by atoms with Crippen LogP contribution in [0.3, 0.4) is 0 Å². The predicted molar refractivity (Wildman–Crippen MR) is 54.2 cm³/mol. The third-order valence-electron chi connectivity index (χ3n) is 2.90. The molecule has 1 N–H and O–H groups in total. The van der Waals surface area contributed by atoms with Gasteiger partial charge in [0.25, 0.3) is 5.91 Å². The van der Waals surface area contributed by atoms with E-state index in [9.17, 15) is 22.4 Å². The number of carbonyl (C=O) groups excluding carboxylic acids is 1. The minimum Gasteiger partial charge on any atom is -0.340 e. The van der Waals surface area contributed by atoms with Crippen LogP contribution in [0.2, 0.25) is 0 Å². The SMILES string of the molecule is CN(CC1CCNCC1)C(=O)C(F)(F)C(F)F. The number of nitrogens with one attached hydrogen (secondary N) is 1. The Hall–Kier alpha value is -0.850. The summed E-state index contributed by atoms with van der Waals surface area (Å²) < 4.78 is 49.6. The van der Waals surface area contributed by atoms with Crippen molar-refractivity contribution in [1.82, 2.24) is 10.2 Å². The van der Waals surface area contributed by atoms with Crippen LogP contribution in [-0.4, -0.2) is 49.8 Å². The average molecular weight is 256 g/mol. The summed E-state index contributed by atoms with van der Waals surface area (Å²) in [6.07, 6.45) is -2.43. The topological polar surface area (TPSA) is 32.3 Å². The van der Waals surface area contributed by atoms with Crippen molar-refractivity contribution in [1.29, 1.82) is 0 Å². The Kier molecular flexibility index (Phi) is 4.73. The number of hydrogen-bond donors (Lipinski definition) is 1. The summed E-state index contributed by atoms with van der Waals surface area (Å²) in [4.78, 5) is 11.9. The molecule has 7 heteroatoms. The van der Waals surface area contributed by atoms with Gasteiger partial charge in [-0.3, -0.25) is 4.79 Å². The summed E-state index contributed by atoms with van der Waals surface area (Å²) in [6, 6.07) is 0. The molecule has 0 spiro atoms. The van der Waals surface area contributed by atoms with Gasteiger partial charge in [-0.2, -0.15) is 8.78 Å². The van der Waals surface area contributed by atoms with E-state index in [4.69, 9.17) is 0 Å². The van der Waals surface area contributed by atoms with Crippen molar-refractivity contribution in [2.45, 2.75) is 25.2 Å². The standard InChI is InChI=1S/C10H16F4N2O/c1-16(6-7-2-4-15-5-3-7)9(17)10(13,14)8(11)12/h7-8,15H,2-6H2,1H3. The van der Waals surface area contributed by atoms with Crippen LogP contribution in [0.4, 0.5) is 17.6 Å².